The van der Waals surface area contributed by atoms with Gasteiger partial charge in [-0.1, -0.05) is 17.7 Å². The summed E-state index contributed by atoms with van der Waals surface area (Å²) in [6, 6.07) is 13.4. The van der Waals surface area contributed by atoms with Crippen LogP contribution in [0.3, 0.4) is 0 Å². The van der Waals surface area contributed by atoms with Crippen LogP contribution < -0.4 is 4.90 Å². The maximum atomic E-state index is 8.85. The molecule has 25 heavy (non-hydrogen) atoms. The van der Waals surface area contributed by atoms with Crippen LogP contribution >= 0.6 is 11.6 Å². The molecule has 2 aromatic rings. The number of allylic oxidation sites excluding steroid dienone is 1. The fourth-order valence-corrected chi connectivity index (χ4v) is 3.26. The van der Waals surface area contributed by atoms with E-state index in [0.29, 0.717) is 10.6 Å². The zero-order valence-corrected chi connectivity index (χ0v) is 15.6. The van der Waals surface area contributed by atoms with Crippen molar-refractivity contribution < 1.29 is 0 Å². The quantitative estimate of drug-likeness (QED) is 0.662. The maximum absolute atomic E-state index is 8.85. The van der Waals surface area contributed by atoms with Crippen LogP contribution in [-0.4, -0.2) is 18.8 Å². The van der Waals surface area contributed by atoms with E-state index in [1.165, 1.54) is 11.1 Å². The topological polar surface area (TPSA) is 39.4 Å². The normalized spacial score (nSPS) is 15.7. The number of likely N-dealkylation sites (N-methyl/N-ethyl adjacent to an activating group) is 1. The first-order chi connectivity index (χ1) is 11.8. The molecule has 0 bridgehead atoms. The average molecular weight is 350 g/mol. The van der Waals surface area contributed by atoms with E-state index in [1.54, 1.807) is 18.3 Å². The van der Waals surface area contributed by atoms with Crippen molar-refractivity contribution in [3.8, 4) is 6.07 Å². The van der Waals surface area contributed by atoms with Crippen molar-refractivity contribution >= 4 is 34.8 Å². The Kier molecular flexibility index (Phi) is 4.41. The van der Waals surface area contributed by atoms with Crippen molar-refractivity contribution in [1.82, 2.24) is 0 Å². The summed E-state index contributed by atoms with van der Waals surface area (Å²) in [5.74, 6) is 0. The summed E-state index contributed by atoms with van der Waals surface area (Å²) in [7, 11) is 2.09. The standard InChI is InChI=1S/C21H20ClN3/c1-14-11-21(2,3)25(4)20-10-19(22)16(9-18(14)20)13-24-17-7-5-15(12-23)6-8-17/h5-11,13H,1-4H3. The number of benzene rings is 2. The SMILES string of the molecule is CC1=CC(C)(C)N(C)c2cc(Cl)c(C=Nc3ccc(C#N)cc3)cc21. The number of nitriles is 1. The summed E-state index contributed by atoms with van der Waals surface area (Å²) >= 11 is 6.50. The molecule has 1 aliphatic rings. The molecule has 3 rings (SSSR count). The first-order valence-corrected chi connectivity index (χ1v) is 8.51. The fourth-order valence-electron chi connectivity index (χ4n) is 3.05. The summed E-state index contributed by atoms with van der Waals surface area (Å²) < 4.78 is 0. The molecule has 0 spiro atoms. The third kappa shape index (κ3) is 3.31. The lowest BCUT2D eigenvalue weighted by atomic mass is 9.88. The van der Waals surface area contributed by atoms with Crippen LogP contribution in [0.5, 0.6) is 0 Å². The number of hydrogen-bond acceptors (Lipinski definition) is 3. The van der Waals surface area contributed by atoms with Gasteiger partial charge in [0, 0.05) is 30.1 Å². The molecule has 0 atom stereocenters. The second kappa shape index (κ2) is 6.38. The Morgan fingerprint density at radius 1 is 1.20 bits per heavy atom. The fraction of sp³-hybridized carbons (Fsp3) is 0.238. The molecule has 126 valence electrons. The van der Waals surface area contributed by atoms with E-state index in [4.69, 9.17) is 16.9 Å². The Bertz CT molecular complexity index is 915. The van der Waals surface area contributed by atoms with Crippen LogP contribution in [0.25, 0.3) is 5.57 Å². The summed E-state index contributed by atoms with van der Waals surface area (Å²) in [4.78, 5) is 6.72. The number of anilines is 1. The van der Waals surface area contributed by atoms with E-state index in [1.807, 2.05) is 18.2 Å². The molecule has 0 aromatic heterocycles. The first kappa shape index (κ1) is 17.3. The Morgan fingerprint density at radius 3 is 2.52 bits per heavy atom. The van der Waals surface area contributed by atoms with Gasteiger partial charge in [0.05, 0.1) is 27.9 Å². The maximum Gasteiger partial charge on any atom is 0.0991 e. The lowest BCUT2D eigenvalue weighted by Gasteiger charge is -2.40. The van der Waals surface area contributed by atoms with Gasteiger partial charge in [0.1, 0.15) is 0 Å². The highest BCUT2D eigenvalue weighted by Crippen LogP contribution is 2.40. The minimum atomic E-state index is -0.0431. The van der Waals surface area contributed by atoms with Crippen LogP contribution in [0, 0.1) is 11.3 Å². The van der Waals surface area contributed by atoms with Crippen LogP contribution in [0.2, 0.25) is 5.02 Å². The van der Waals surface area contributed by atoms with Gasteiger partial charge < -0.3 is 4.90 Å². The number of halogens is 1. The monoisotopic (exact) mass is 349 g/mol. The van der Waals surface area contributed by atoms with Gasteiger partial charge in [0.2, 0.25) is 0 Å². The molecule has 0 amide bonds. The molecule has 0 radical (unpaired) electrons. The van der Waals surface area contributed by atoms with Gasteiger partial charge in [-0.05, 0) is 62.7 Å². The number of hydrogen-bond donors (Lipinski definition) is 0. The molecule has 3 nitrogen and oxygen atoms in total. The van der Waals surface area contributed by atoms with E-state index in [-0.39, 0.29) is 5.54 Å². The number of fused-ring (bicyclic) bond motifs is 1. The van der Waals surface area contributed by atoms with Crippen molar-refractivity contribution in [2.24, 2.45) is 4.99 Å². The molecule has 0 fully saturated rings. The predicted molar refractivity (Wildman–Crippen MR) is 106 cm³/mol. The van der Waals surface area contributed by atoms with Gasteiger partial charge in [-0.2, -0.15) is 5.26 Å². The van der Waals surface area contributed by atoms with E-state index in [9.17, 15) is 0 Å². The number of aliphatic imine (C=N–C) groups is 1. The van der Waals surface area contributed by atoms with Crippen molar-refractivity contribution in [1.29, 1.82) is 5.26 Å². The smallest absolute Gasteiger partial charge is 0.0991 e. The third-order valence-corrected chi connectivity index (χ3v) is 5.01. The zero-order valence-electron chi connectivity index (χ0n) is 14.8. The summed E-state index contributed by atoms with van der Waals surface area (Å²) in [5.41, 5.74) is 5.79. The molecule has 0 N–H and O–H groups in total. The number of rotatable bonds is 2. The molecule has 0 unspecified atom stereocenters. The van der Waals surface area contributed by atoms with E-state index in [2.05, 4.69) is 55.9 Å². The van der Waals surface area contributed by atoms with Crippen LogP contribution in [-0.2, 0) is 0 Å². The largest absolute Gasteiger partial charge is 0.365 e. The second-order valence-corrected chi connectivity index (χ2v) is 7.25. The van der Waals surface area contributed by atoms with Gasteiger partial charge in [0.25, 0.3) is 0 Å². The molecule has 4 heteroatoms. The summed E-state index contributed by atoms with van der Waals surface area (Å²) in [6.45, 7) is 6.50. The van der Waals surface area contributed by atoms with Gasteiger partial charge in [-0.25, -0.2) is 0 Å². The minimum Gasteiger partial charge on any atom is -0.365 e. The molecule has 2 aromatic carbocycles. The van der Waals surface area contributed by atoms with Crippen LogP contribution in [0.4, 0.5) is 11.4 Å². The van der Waals surface area contributed by atoms with E-state index < -0.39 is 0 Å². The van der Waals surface area contributed by atoms with Gasteiger partial charge in [-0.15, -0.1) is 0 Å². The predicted octanol–water partition coefficient (Wildman–Crippen LogP) is 5.59. The molecular formula is C21H20ClN3. The molecular weight excluding hydrogens is 330 g/mol. The molecule has 0 saturated carbocycles. The average Bonchev–Trinajstić information content (AvgIpc) is 2.58. The van der Waals surface area contributed by atoms with Crippen LogP contribution in [0.15, 0.2) is 47.5 Å². The highest BCUT2D eigenvalue weighted by atomic mass is 35.5. The Labute approximate surface area is 153 Å². The molecule has 0 saturated heterocycles. The van der Waals surface area contributed by atoms with E-state index in [0.717, 1.165) is 16.9 Å². The molecule has 1 aliphatic heterocycles. The van der Waals surface area contributed by atoms with Gasteiger partial charge in [-0.3, -0.25) is 4.99 Å². The number of nitrogens with zero attached hydrogens (tertiary/aromatic N) is 3. The van der Waals surface area contributed by atoms with Crippen molar-refractivity contribution in [2.45, 2.75) is 26.3 Å². The van der Waals surface area contributed by atoms with Crippen molar-refractivity contribution in [2.75, 3.05) is 11.9 Å². The summed E-state index contributed by atoms with van der Waals surface area (Å²) in [5, 5.41) is 9.53. The Morgan fingerprint density at radius 2 is 1.88 bits per heavy atom. The minimum absolute atomic E-state index is 0.0431. The zero-order chi connectivity index (χ0) is 18.2. The lowest BCUT2D eigenvalue weighted by Crippen LogP contribution is -2.42. The van der Waals surface area contributed by atoms with Crippen molar-refractivity contribution in [3.63, 3.8) is 0 Å². The second-order valence-electron chi connectivity index (χ2n) is 6.85. The lowest BCUT2D eigenvalue weighted by molar-refractivity contribution is 0.598. The highest BCUT2D eigenvalue weighted by Gasteiger charge is 2.28. The molecule has 1 heterocycles. The Hall–Kier alpha value is -2.57. The van der Waals surface area contributed by atoms with Gasteiger partial charge in [0.15, 0.2) is 0 Å². The first-order valence-electron chi connectivity index (χ1n) is 8.13. The van der Waals surface area contributed by atoms with Crippen molar-refractivity contribution in [3.05, 3.63) is 64.2 Å². The Balaban J connectivity index is 1.98. The van der Waals surface area contributed by atoms with Crippen LogP contribution in [0.1, 0.15) is 37.5 Å². The highest BCUT2D eigenvalue weighted by molar-refractivity contribution is 6.33. The van der Waals surface area contributed by atoms with Gasteiger partial charge >= 0.3 is 0 Å². The van der Waals surface area contributed by atoms with E-state index >= 15 is 0 Å². The molecule has 0 aliphatic carbocycles. The third-order valence-electron chi connectivity index (χ3n) is 4.68. The summed E-state index contributed by atoms with van der Waals surface area (Å²) in [6.07, 6.45) is 4.04.